The molecule has 2 aromatic rings. The van der Waals surface area contributed by atoms with E-state index in [-0.39, 0.29) is 23.6 Å². The molecule has 5 nitrogen and oxygen atoms in total. The van der Waals surface area contributed by atoms with Gasteiger partial charge in [-0.05, 0) is 50.6 Å². The molecule has 22 heavy (non-hydrogen) atoms. The maximum atomic E-state index is 12.3. The van der Waals surface area contributed by atoms with Crippen LogP contribution in [-0.4, -0.2) is 22.8 Å². The molecule has 1 heterocycles. The Bertz CT molecular complexity index is 696. The van der Waals surface area contributed by atoms with E-state index in [1.807, 2.05) is 45.0 Å². The van der Waals surface area contributed by atoms with E-state index in [4.69, 9.17) is 0 Å². The summed E-state index contributed by atoms with van der Waals surface area (Å²) in [5, 5.41) is 5.56. The minimum absolute atomic E-state index is 0.0130. The fourth-order valence-electron chi connectivity index (χ4n) is 1.96. The van der Waals surface area contributed by atoms with Crippen molar-refractivity contribution in [1.82, 2.24) is 10.3 Å². The number of anilines is 1. The van der Waals surface area contributed by atoms with Crippen LogP contribution in [0.1, 0.15) is 40.3 Å². The molecule has 2 amide bonds. The molecule has 0 atom stereocenters. The lowest BCUT2D eigenvalue weighted by Gasteiger charge is -2.09. The van der Waals surface area contributed by atoms with Gasteiger partial charge in [-0.3, -0.25) is 14.6 Å². The summed E-state index contributed by atoms with van der Waals surface area (Å²) in [6.07, 6.45) is 1.46. The van der Waals surface area contributed by atoms with Crippen LogP contribution in [0, 0.1) is 6.92 Å². The molecule has 0 saturated carbocycles. The first-order valence-corrected chi connectivity index (χ1v) is 7.10. The molecular formula is C17H19N3O2. The van der Waals surface area contributed by atoms with E-state index in [1.165, 1.54) is 12.3 Å². The van der Waals surface area contributed by atoms with Crippen LogP contribution in [0.3, 0.4) is 0 Å². The van der Waals surface area contributed by atoms with Gasteiger partial charge in [-0.25, -0.2) is 0 Å². The Morgan fingerprint density at radius 2 is 1.86 bits per heavy atom. The number of carbonyl (C=O) groups excluding carboxylic acids is 2. The van der Waals surface area contributed by atoms with E-state index in [9.17, 15) is 9.59 Å². The first-order valence-electron chi connectivity index (χ1n) is 7.10. The number of amides is 2. The zero-order chi connectivity index (χ0) is 16.1. The third kappa shape index (κ3) is 4.15. The number of nitrogens with one attached hydrogen (secondary N) is 2. The van der Waals surface area contributed by atoms with Crippen LogP contribution in [0.2, 0.25) is 0 Å². The molecular weight excluding hydrogens is 278 g/mol. The van der Waals surface area contributed by atoms with Gasteiger partial charge in [0.25, 0.3) is 11.8 Å². The minimum Gasteiger partial charge on any atom is -0.349 e. The van der Waals surface area contributed by atoms with E-state index >= 15 is 0 Å². The Balaban J connectivity index is 2.15. The van der Waals surface area contributed by atoms with Crippen LogP contribution in [0.4, 0.5) is 5.69 Å². The minimum atomic E-state index is -0.291. The van der Waals surface area contributed by atoms with Gasteiger partial charge in [-0.2, -0.15) is 0 Å². The van der Waals surface area contributed by atoms with Crippen molar-refractivity contribution in [2.45, 2.75) is 26.8 Å². The molecule has 1 aromatic carbocycles. The van der Waals surface area contributed by atoms with Crippen molar-refractivity contribution >= 4 is 17.5 Å². The first-order chi connectivity index (χ1) is 10.5. The average Bonchev–Trinajstić information content (AvgIpc) is 2.46. The lowest BCUT2D eigenvalue weighted by atomic mass is 10.2. The van der Waals surface area contributed by atoms with Crippen LogP contribution >= 0.6 is 0 Å². The van der Waals surface area contributed by atoms with E-state index in [1.54, 1.807) is 6.07 Å². The van der Waals surface area contributed by atoms with Gasteiger partial charge < -0.3 is 10.6 Å². The summed E-state index contributed by atoms with van der Waals surface area (Å²) >= 11 is 0. The molecule has 0 fully saturated rings. The van der Waals surface area contributed by atoms with Gasteiger partial charge in [0.05, 0.1) is 0 Å². The van der Waals surface area contributed by atoms with Crippen molar-refractivity contribution in [3.05, 3.63) is 59.4 Å². The monoisotopic (exact) mass is 297 g/mol. The number of benzene rings is 1. The number of rotatable bonds is 4. The molecule has 5 heteroatoms. The van der Waals surface area contributed by atoms with Gasteiger partial charge in [0.1, 0.15) is 5.69 Å². The summed E-state index contributed by atoms with van der Waals surface area (Å²) in [4.78, 5) is 28.2. The standard InChI is InChI=1S/C17H19N3O2/c1-11(2)19-17(22)15-10-13(7-8-18-15)16(21)20-14-6-4-5-12(3)9-14/h4-11H,1-3H3,(H,19,22)(H,20,21). The molecule has 0 unspecified atom stereocenters. The molecule has 114 valence electrons. The maximum Gasteiger partial charge on any atom is 0.270 e. The summed E-state index contributed by atoms with van der Waals surface area (Å²) in [7, 11) is 0. The van der Waals surface area contributed by atoms with Crippen molar-refractivity contribution in [2.24, 2.45) is 0 Å². The quantitative estimate of drug-likeness (QED) is 0.911. The van der Waals surface area contributed by atoms with Crippen molar-refractivity contribution in [2.75, 3.05) is 5.32 Å². The molecule has 0 aliphatic heterocycles. The SMILES string of the molecule is Cc1cccc(NC(=O)c2ccnc(C(=O)NC(C)C)c2)c1. The average molecular weight is 297 g/mol. The van der Waals surface area contributed by atoms with Gasteiger partial charge in [0.15, 0.2) is 0 Å². The zero-order valence-corrected chi connectivity index (χ0v) is 12.9. The van der Waals surface area contributed by atoms with E-state index < -0.39 is 0 Å². The van der Waals surface area contributed by atoms with Crippen LogP contribution in [0.15, 0.2) is 42.6 Å². The molecule has 2 N–H and O–H groups in total. The van der Waals surface area contributed by atoms with Crippen molar-refractivity contribution < 1.29 is 9.59 Å². The largest absolute Gasteiger partial charge is 0.349 e. The number of aromatic nitrogens is 1. The highest BCUT2D eigenvalue weighted by Gasteiger charge is 2.12. The predicted octanol–water partition coefficient (Wildman–Crippen LogP) is 2.78. The Kier molecular flexibility index (Phi) is 4.88. The third-order valence-electron chi connectivity index (χ3n) is 2.95. The number of nitrogens with zero attached hydrogens (tertiary/aromatic N) is 1. The number of pyridine rings is 1. The third-order valence-corrected chi connectivity index (χ3v) is 2.95. The van der Waals surface area contributed by atoms with Gasteiger partial charge in [-0.15, -0.1) is 0 Å². The summed E-state index contributed by atoms with van der Waals surface area (Å²) in [5.74, 6) is -0.563. The molecule has 0 aliphatic carbocycles. The zero-order valence-electron chi connectivity index (χ0n) is 12.9. The lowest BCUT2D eigenvalue weighted by Crippen LogP contribution is -2.31. The number of hydrogen-bond donors (Lipinski definition) is 2. The Morgan fingerprint density at radius 3 is 2.55 bits per heavy atom. The topological polar surface area (TPSA) is 71.1 Å². The second-order valence-electron chi connectivity index (χ2n) is 5.38. The van der Waals surface area contributed by atoms with Crippen LogP contribution in [0.25, 0.3) is 0 Å². The van der Waals surface area contributed by atoms with E-state index in [0.717, 1.165) is 11.3 Å². The first kappa shape index (κ1) is 15.7. The van der Waals surface area contributed by atoms with E-state index in [2.05, 4.69) is 15.6 Å². The lowest BCUT2D eigenvalue weighted by molar-refractivity contribution is 0.0938. The molecule has 0 bridgehead atoms. The van der Waals surface area contributed by atoms with Gasteiger partial charge in [0, 0.05) is 23.5 Å². The van der Waals surface area contributed by atoms with Crippen LogP contribution < -0.4 is 10.6 Å². The van der Waals surface area contributed by atoms with Gasteiger partial charge >= 0.3 is 0 Å². The summed E-state index contributed by atoms with van der Waals surface area (Å²) in [6.45, 7) is 5.69. The van der Waals surface area contributed by atoms with Gasteiger partial charge in [0.2, 0.25) is 0 Å². The van der Waals surface area contributed by atoms with E-state index in [0.29, 0.717) is 5.56 Å². The Hall–Kier alpha value is -2.69. The predicted molar refractivity (Wildman–Crippen MR) is 86.0 cm³/mol. The number of hydrogen-bond acceptors (Lipinski definition) is 3. The molecule has 0 spiro atoms. The van der Waals surface area contributed by atoms with Gasteiger partial charge in [-0.1, -0.05) is 12.1 Å². The molecule has 2 rings (SSSR count). The Morgan fingerprint density at radius 1 is 1.09 bits per heavy atom. The smallest absolute Gasteiger partial charge is 0.270 e. The number of aryl methyl sites for hydroxylation is 1. The van der Waals surface area contributed by atoms with Crippen molar-refractivity contribution in [1.29, 1.82) is 0 Å². The second kappa shape index (κ2) is 6.85. The molecule has 1 aromatic heterocycles. The fourth-order valence-corrected chi connectivity index (χ4v) is 1.96. The summed E-state index contributed by atoms with van der Waals surface area (Å²) < 4.78 is 0. The highest BCUT2D eigenvalue weighted by atomic mass is 16.2. The summed E-state index contributed by atoms with van der Waals surface area (Å²) in [5.41, 5.74) is 2.40. The van der Waals surface area contributed by atoms with Crippen molar-refractivity contribution in [3.63, 3.8) is 0 Å². The molecule has 0 radical (unpaired) electrons. The highest BCUT2D eigenvalue weighted by Crippen LogP contribution is 2.12. The normalized spacial score (nSPS) is 10.4. The number of carbonyl (C=O) groups is 2. The fraction of sp³-hybridized carbons (Fsp3) is 0.235. The maximum absolute atomic E-state index is 12.3. The Labute approximate surface area is 129 Å². The second-order valence-corrected chi connectivity index (χ2v) is 5.38. The molecule has 0 aliphatic rings. The van der Waals surface area contributed by atoms with Crippen molar-refractivity contribution in [3.8, 4) is 0 Å². The molecule has 0 saturated heterocycles. The van der Waals surface area contributed by atoms with Crippen LogP contribution in [0.5, 0.6) is 0 Å². The summed E-state index contributed by atoms with van der Waals surface area (Å²) in [6, 6.07) is 10.6. The van der Waals surface area contributed by atoms with Crippen LogP contribution in [-0.2, 0) is 0 Å². The highest BCUT2D eigenvalue weighted by molar-refractivity contribution is 6.05.